The number of rotatable bonds is 6. The molecule has 0 bridgehead atoms. The van der Waals surface area contributed by atoms with Crippen LogP contribution in [-0.2, 0) is 10.1 Å². The first-order chi connectivity index (χ1) is 11.1. The lowest BCUT2D eigenvalue weighted by atomic mass is 10.3. The van der Waals surface area contributed by atoms with Gasteiger partial charge in [-0.2, -0.15) is 13.4 Å². The van der Waals surface area contributed by atoms with E-state index >= 15 is 0 Å². The SMILES string of the molecule is C[N+](C)(CCO)c1nc(Nc2ccc(S(=O)(=O)O)cc2)nc(=O)[nH]1. The topological polar surface area (TPSA) is 145 Å². The molecule has 0 aliphatic heterocycles. The van der Waals surface area contributed by atoms with E-state index in [2.05, 4.69) is 20.3 Å². The van der Waals surface area contributed by atoms with Crippen LogP contribution in [0.2, 0.25) is 0 Å². The highest BCUT2D eigenvalue weighted by Crippen LogP contribution is 2.18. The van der Waals surface area contributed by atoms with Crippen molar-refractivity contribution in [2.75, 3.05) is 32.6 Å². The van der Waals surface area contributed by atoms with Crippen LogP contribution in [0.4, 0.5) is 17.6 Å². The van der Waals surface area contributed by atoms with Crippen LogP contribution < -0.4 is 15.5 Å². The number of hydrogen-bond acceptors (Lipinski definition) is 7. The van der Waals surface area contributed by atoms with E-state index in [4.69, 9.17) is 9.66 Å². The van der Waals surface area contributed by atoms with E-state index in [1.807, 2.05) is 0 Å². The Labute approximate surface area is 138 Å². The monoisotopic (exact) mass is 356 g/mol. The molecular formula is C13H18N5O5S+. The van der Waals surface area contributed by atoms with Crippen molar-refractivity contribution in [3.05, 3.63) is 34.7 Å². The highest BCUT2D eigenvalue weighted by molar-refractivity contribution is 7.85. The molecule has 0 radical (unpaired) electrons. The van der Waals surface area contributed by atoms with E-state index in [-0.39, 0.29) is 21.9 Å². The number of nitrogens with one attached hydrogen (secondary N) is 2. The predicted molar refractivity (Wildman–Crippen MR) is 87.8 cm³/mol. The Kier molecular flexibility index (Phi) is 4.99. The second-order valence-electron chi connectivity index (χ2n) is 5.56. The van der Waals surface area contributed by atoms with E-state index in [0.29, 0.717) is 18.2 Å². The molecule has 0 aliphatic rings. The van der Waals surface area contributed by atoms with Crippen molar-refractivity contribution < 1.29 is 18.1 Å². The van der Waals surface area contributed by atoms with Gasteiger partial charge in [0.15, 0.2) is 0 Å². The first kappa shape index (κ1) is 18.0. The smallest absolute Gasteiger partial charge is 0.353 e. The molecule has 0 fully saturated rings. The molecule has 0 saturated heterocycles. The van der Waals surface area contributed by atoms with E-state index < -0.39 is 15.8 Å². The lowest BCUT2D eigenvalue weighted by Gasteiger charge is -2.25. The van der Waals surface area contributed by atoms with Crippen LogP contribution in [0.5, 0.6) is 0 Å². The van der Waals surface area contributed by atoms with E-state index in [9.17, 15) is 13.2 Å². The highest BCUT2D eigenvalue weighted by atomic mass is 32.2. The Hall–Kier alpha value is -2.34. The third-order valence-corrected chi connectivity index (χ3v) is 4.15. The number of aliphatic hydroxyl groups excluding tert-OH is 1. The van der Waals surface area contributed by atoms with E-state index in [1.54, 1.807) is 14.1 Å². The van der Waals surface area contributed by atoms with Crippen LogP contribution in [0.1, 0.15) is 0 Å². The van der Waals surface area contributed by atoms with Crippen LogP contribution in [0.3, 0.4) is 0 Å². The summed E-state index contributed by atoms with van der Waals surface area (Å²) < 4.78 is 31.1. The summed E-state index contributed by atoms with van der Waals surface area (Å²) >= 11 is 0. The summed E-state index contributed by atoms with van der Waals surface area (Å²) in [7, 11) is -0.746. The number of likely N-dealkylation sites (N-methyl/N-ethyl adjacent to an activating group) is 1. The average Bonchev–Trinajstić information content (AvgIpc) is 2.46. The quantitative estimate of drug-likeness (QED) is 0.408. The minimum absolute atomic E-state index is 0.0255. The fourth-order valence-corrected chi connectivity index (χ4v) is 2.39. The van der Waals surface area contributed by atoms with Crippen LogP contribution in [0.25, 0.3) is 0 Å². The van der Waals surface area contributed by atoms with Crippen LogP contribution in [0.15, 0.2) is 34.0 Å². The normalized spacial score (nSPS) is 12.2. The fourth-order valence-electron chi connectivity index (χ4n) is 1.91. The van der Waals surface area contributed by atoms with Crippen molar-refractivity contribution in [2.45, 2.75) is 4.90 Å². The van der Waals surface area contributed by atoms with Gasteiger partial charge in [-0.3, -0.25) is 9.04 Å². The molecule has 11 heteroatoms. The van der Waals surface area contributed by atoms with Crippen molar-refractivity contribution in [3.63, 3.8) is 0 Å². The number of aliphatic hydroxyl groups is 1. The maximum absolute atomic E-state index is 11.7. The van der Waals surface area contributed by atoms with Gasteiger partial charge < -0.3 is 10.4 Å². The van der Waals surface area contributed by atoms with Crippen molar-refractivity contribution >= 4 is 27.7 Å². The summed E-state index contributed by atoms with van der Waals surface area (Å²) in [5.41, 5.74) is -0.174. The number of aromatic nitrogens is 3. The van der Waals surface area contributed by atoms with Gasteiger partial charge in [-0.05, 0) is 24.3 Å². The minimum Gasteiger partial charge on any atom is -0.390 e. The van der Waals surface area contributed by atoms with Crippen LogP contribution in [-0.4, -0.2) is 60.3 Å². The summed E-state index contributed by atoms with van der Waals surface area (Å²) in [6, 6.07) is 5.22. The molecule has 24 heavy (non-hydrogen) atoms. The van der Waals surface area contributed by atoms with Crippen LogP contribution >= 0.6 is 0 Å². The molecule has 10 nitrogen and oxygen atoms in total. The maximum atomic E-state index is 11.7. The standard InChI is InChI=1S/C13H17N5O5S/c1-18(2,7-8-19)12-15-11(16-13(20)17-12)14-9-3-5-10(6-4-9)24(21,22)23/h3-6,19H,7-8H2,1-2H3,(H2-,14,15,16,17,20,21,22,23)/p+1. The molecule has 2 rings (SSSR count). The zero-order valence-corrected chi connectivity index (χ0v) is 13.9. The third-order valence-electron chi connectivity index (χ3n) is 3.28. The van der Waals surface area contributed by atoms with Crippen molar-refractivity contribution in [3.8, 4) is 0 Å². The molecule has 1 aromatic heterocycles. The van der Waals surface area contributed by atoms with Gasteiger partial charge in [-0.25, -0.2) is 9.78 Å². The zero-order chi connectivity index (χ0) is 18.0. The molecule has 0 aliphatic carbocycles. The molecule has 0 atom stereocenters. The largest absolute Gasteiger partial charge is 0.390 e. The molecule has 130 valence electrons. The van der Waals surface area contributed by atoms with Gasteiger partial charge in [-0.15, -0.1) is 4.98 Å². The molecule has 0 unspecified atom stereocenters. The fraction of sp³-hybridized carbons (Fsp3) is 0.308. The molecular weight excluding hydrogens is 338 g/mol. The van der Waals surface area contributed by atoms with Gasteiger partial charge in [-0.1, -0.05) is 0 Å². The van der Waals surface area contributed by atoms with E-state index in [1.165, 1.54) is 24.3 Å². The second kappa shape index (κ2) is 6.65. The Balaban J connectivity index is 2.30. The molecule has 0 spiro atoms. The van der Waals surface area contributed by atoms with Gasteiger partial charge >= 0.3 is 11.6 Å². The summed E-state index contributed by atoms with van der Waals surface area (Å²) in [4.78, 5) is 21.9. The molecule has 1 aromatic carbocycles. The summed E-state index contributed by atoms with van der Waals surface area (Å²) in [6.45, 7) is 0.258. The van der Waals surface area contributed by atoms with Crippen molar-refractivity contribution in [1.29, 1.82) is 0 Å². The molecule has 2 aromatic rings. The first-order valence-corrected chi connectivity index (χ1v) is 8.33. The molecule has 1 heterocycles. The number of aromatic amines is 1. The van der Waals surface area contributed by atoms with Crippen molar-refractivity contribution in [1.82, 2.24) is 19.4 Å². The van der Waals surface area contributed by atoms with Gasteiger partial charge in [0, 0.05) is 5.69 Å². The van der Waals surface area contributed by atoms with Crippen molar-refractivity contribution in [2.24, 2.45) is 0 Å². The minimum atomic E-state index is -4.27. The van der Waals surface area contributed by atoms with Crippen LogP contribution in [0, 0.1) is 0 Å². The van der Waals surface area contributed by atoms with Gasteiger partial charge in [0.05, 0.1) is 25.6 Å². The highest BCUT2D eigenvalue weighted by Gasteiger charge is 2.22. The number of quaternary nitrogens is 1. The molecule has 4 N–H and O–H groups in total. The van der Waals surface area contributed by atoms with E-state index in [0.717, 1.165) is 0 Å². The average molecular weight is 356 g/mol. The number of hydrogen-bond donors (Lipinski definition) is 4. The lowest BCUT2D eigenvalue weighted by molar-refractivity contribution is 0.237. The summed E-state index contributed by atoms with van der Waals surface area (Å²) in [5, 5.41) is 11.9. The third kappa shape index (κ3) is 4.35. The predicted octanol–water partition coefficient (Wildman–Crippen LogP) is -0.286. The lowest BCUT2D eigenvalue weighted by Crippen LogP contribution is -2.45. The Bertz CT molecular complexity index is 876. The Morgan fingerprint density at radius 2 is 1.83 bits per heavy atom. The first-order valence-electron chi connectivity index (χ1n) is 6.89. The summed E-state index contributed by atoms with van der Waals surface area (Å²) in [6.07, 6.45) is 0. The maximum Gasteiger partial charge on any atom is 0.353 e. The summed E-state index contributed by atoms with van der Waals surface area (Å²) in [5.74, 6) is 0.332. The van der Waals surface area contributed by atoms with Gasteiger partial charge in [0.1, 0.15) is 6.54 Å². The zero-order valence-electron chi connectivity index (χ0n) is 13.1. The van der Waals surface area contributed by atoms with Gasteiger partial charge in [0.2, 0.25) is 5.95 Å². The molecule has 0 saturated carbocycles. The number of H-pyrrole nitrogens is 1. The number of benzene rings is 1. The second-order valence-corrected chi connectivity index (χ2v) is 6.98. The number of anilines is 2. The molecule has 0 amide bonds. The Morgan fingerprint density at radius 1 is 1.21 bits per heavy atom. The Morgan fingerprint density at radius 3 is 2.38 bits per heavy atom. The number of nitrogens with zero attached hydrogens (tertiary/aromatic N) is 3. The van der Waals surface area contributed by atoms with Gasteiger partial charge in [0.25, 0.3) is 10.1 Å².